The molecule has 0 aliphatic rings. The summed E-state index contributed by atoms with van der Waals surface area (Å²) in [7, 11) is 0. The first kappa shape index (κ1) is 12.2. The summed E-state index contributed by atoms with van der Waals surface area (Å²) in [6.07, 6.45) is 2.25. The molecule has 0 aliphatic carbocycles. The Labute approximate surface area is 92.9 Å². The van der Waals surface area contributed by atoms with Gasteiger partial charge in [0.2, 0.25) is 0 Å². The average Bonchev–Trinajstić information content (AvgIpc) is 2.16. The van der Waals surface area contributed by atoms with Crippen LogP contribution in [0.3, 0.4) is 0 Å². The number of nitrogens with two attached hydrogens (primary N) is 1. The minimum Gasteiger partial charge on any atom is -0.324 e. The zero-order valence-electron chi connectivity index (χ0n) is 10.2. The summed E-state index contributed by atoms with van der Waals surface area (Å²) in [4.78, 5) is 4.36. The van der Waals surface area contributed by atoms with Gasteiger partial charge in [-0.25, -0.2) is 0 Å². The van der Waals surface area contributed by atoms with Crippen molar-refractivity contribution in [2.24, 2.45) is 11.7 Å². The first-order valence-corrected chi connectivity index (χ1v) is 5.73. The van der Waals surface area contributed by atoms with E-state index in [4.69, 9.17) is 5.73 Å². The van der Waals surface area contributed by atoms with E-state index in [1.807, 2.05) is 13.8 Å². The summed E-state index contributed by atoms with van der Waals surface area (Å²) < 4.78 is 0. The summed E-state index contributed by atoms with van der Waals surface area (Å²) in [5.74, 6) is 0.689. The summed E-state index contributed by atoms with van der Waals surface area (Å²) in [6.45, 7) is 8.50. The monoisotopic (exact) mass is 206 g/mol. The van der Waals surface area contributed by atoms with Gasteiger partial charge in [0.15, 0.2) is 0 Å². The fourth-order valence-electron chi connectivity index (χ4n) is 1.82. The van der Waals surface area contributed by atoms with Crippen LogP contribution in [0.15, 0.2) is 12.1 Å². The van der Waals surface area contributed by atoms with Crippen molar-refractivity contribution in [3.63, 3.8) is 0 Å². The highest BCUT2D eigenvalue weighted by atomic mass is 14.7. The molecule has 2 N–H and O–H groups in total. The van der Waals surface area contributed by atoms with Crippen molar-refractivity contribution in [3.8, 4) is 0 Å². The molecule has 0 bridgehead atoms. The highest BCUT2D eigenvalue weighted by Crippen LogP contribution is 2.21. The fourth-order valence-corrected chi connectivity index (χ4v) is 1.82. The summed E-state index contributed by atoms with van der Waals surface area (Å²) in [5, 5.41) is 0. The molecule has 0 spiro atoms. The SMILES string of the molecule is CCC(C)CC(N)c1cc(C)nc(C)c1. The van der Waals surface area contributed by atoms with Crippen LogP contribution in [0.5, 0.6) is 0 Å². The summed E-state index contributed by atoms with van der Waals surface area (Å²) >= 11 is 0. The van der Waals surface area contributed by atoms with E-state index < -0.39 is 0 Å². The van der Waals surface area contributed by atoms with E-state index in [0.29, 0.717) is 5.92 Å². The molecule has 2 atom stereocenters. The molecule has 0 saturated carbocycles. The Balaban J connectivity index is 2.77. The third kappa shape index (κ3) is 3.63. The number of rotatable bonds is 4. The number of aromatic nitrogens is 1. The van der Waals surface area contributed by atoms with Crippen LogP contribution in [-0.2, 0) is 0 Å². The van der Waals surface area contributed by atoms with Gasteiger partial charge in [0.25, 0.3) is 0 Å². The van der Waals surface area contributed by atoms with Crippen LogP contribution >= 0.6 is 0 Å². The van der Waals surface area contributed by atoms with E-state index in [2.05, 4.69) is 31.0 Å². The molecule has 2 unspecified atom stereocenters. The molecular weight excluding hydrogens is 184 g/mol. The van der Waals surface area contributed by atoms with Crippen molar-refractivity contribution in [2.45, 2.75) is 46.6 Å². The molecule has 0 saturated heterocycles. The molecule has 1 aromatic rings. The van der Waals surface area contributed by atoms with Crippen molar-refractivity contribution in [2.75, 3.05) is 0 Å². The van der Waals surface area contributed by atoms with E-state index in [0.717, 1.165) is 17.8 Å². The van der Waals surface area contributed by atoms with Crippen molar-refractivity contribution >= 4 is 0 Å². The molecule has 0 aromatic carbocycles. The van der Waals surface area contributed by atoms with Gasteiger partial charge < -0.3 is 5.73 Å². The van der Waals surface area contributed by atoms with Gasteiger partial charge in [0.1, 0.15) is 0 Å². The number of nitrogens with zero attached hydrogens (tertiary/aromatic N) is 1. The normalized spacial score (nSPS) is 15.0. The van der Waals surface area contributed by atoms with Gasteiger partial charge in [-0.2, -0.15) is 0 Å². The Kier molecular flexibility index (Phi) is 4.28. The maximum absolute atomic E-state index is 6.18. The van der Waals surface area contributed by atoms with Crippen molar-refractivity contribution in [3.05, 3.63) is 29.1 Å². The molecule has 1 aromatic heterocycles. The van der Waals surface area contributed by atoms with Crippen molar-refractivity contribution in [1.29, 1.82) is 0 Å². The Morgan fingerprint density at radius 3 is 2.27 bits per heavy atom. The maximum Gasteiger partial charge on any atom is 0.0379 e. The highest BCUT2D eigenvalue weighted by Gasteiger charge is 2.10. The number of hydrogen-bond acceptors (Lipinski definition) is 2. The predicted octanol–water partition coefficient (Wildman–Crippen LogP) is 3.13. The van der Waals surface area contributed by atoms with Gasteiger partial charge in [0, 0.05) is 17.4 Å². The van der Waals surface area contributed by atoms with Crippen LogP contribution in [0.2, 0.25) is 0 Å². The lowest BCUT2D eigenvalue weighted by molar-refractivity contribution is 0.461. The second kappa shape index (κ2) is 5.26. The summed E-state index contributed by atoms with van der Waals surface area (Å²) in [6, 6.07) is 4.35. The van der Waals surface area contributed by atoms with Crippen LogP contribution in [0, 0.1) is 19.8 Å². The molecule has 0 radical (unpaired) electrons. The van der Waals surface area contributed by atoms with Crippen LogP contribution in [0.4, 0.5) is 0 Å². The van der Waals surface area contributed by atoms with Gasteiger partial charge in [0.05, 0.1) is 0 Å². The minimum absolute atomic E-state index is 0.153. The molecule has 1 heterocycles. The molecule has 15 heavy (non-hydrogen) atoms. The third-order valence-electron chi connectivity index (χ3n) is 2.89. The molecule has 0 fully saturated rings. The Morgan fingerprint density at radius 1 is 1.27 bits per heavy atom. The van der Waals surface area contributed by atoms with Crippen molar-refractivity contribution in [1.82, 2.24) is 4.98 Å². The topological polar surface area (TPSA) is 38.9 Å². The van der Waals surface area contributed by atoms with Crippen molar-refractivity contribution < 1.29 is 0 Å². The minimum atomic E-state index is 0.153. The molecule has 2 nitrogen and oxygen atoms in total. The standard InChI is InChI=1S/C13H22N2/c1-5-9(2)6-13(14)12-7-10(3)15-11(4)8-12/h7-9,13H,5-6,14H2,1-4H3. The number of aryl methyl sites for hydroxylation is 2. The Bertz CT molecular complexity index is 300. The maximum atomic E-state index is 6.18. The largest absolute Gasteiger partial charge is 0.324 e. The van der Waals surface area contributed by atoms with Gasteiger partial charge >= 0.3 is 0 Å². The Hall–Kier alpha value is -0.890. The second-order valence-electron chi connectivity index (χ2n) is 4.54. The lowest BCUT2D eigenvalue weighted by Crippen LogP contribution is -2.14. The molecule has 0 amide bonds. The third-order valence-corrected chi connectivity index (χ3v) is 2.89. The van der Waals surface area contributed by atoms with E-state index in [1.165, 1.54) is 12.0 Å². The van der Waals surface area contributed by atoms with Gasteiger partial charge in [-0.1, -0.05) is 20.3 Å². The molecular formula is C13H22N2. The van der Waals surface area contributed by atoms with E-state index >= 15 is 0 Å². The van der Waals surface area contributed by atoms with Crippen LogP contribution < -0.4 is 5.73 Å². The van der Waals surface area contributed by atoms with Gasteiger partial charge in [-0.3, -0.25) is 4.98 Å². The van der Waals surface area contributed by atoms with Crippen LogP contribution in [-0.4, -0.2) is 4.98 Å². The van der Waals surface area contributed by atoms with Gasteiger partial charge in [-0.15, -0.1) is 0 Å². The number of hydrogen-bond donors (Lipinski definition) is 1. The smallest absolute Gasteiger partial charge is 0.0379 e. The quantitative estimate of drug-likeness (QED) is 0.822. The average molecular weight is 206 g/mol. The van der Waals surface area contributed by atoms with E-state index in [-0.39, 0.29) is 6.04 Å². The van der Waals surface area contributed by atoms with Crippen LogP contribution in [0.1, 0.15) is 49.7 Å². The zero-order chi connectivity index (χ0) is 11.4. The number of pyridine rings is 1. The first-order valence-electron chi connectivity index (χ1n) is 5.73. The lowest BCUT2D eigenvalue weighted by atomic mass is 9.95. The lowest BCUT2D eigenvalue weighted by Gasteiger charge is -2.17. The molecule has 2 heteroatoms. The molecule has 1 rings (SSSR count). The highest BCUT2D eigenvalue weighted by molar-refractivity contribution is 5.23. The fraction of sp³-hybridized carbons (Fsp3) is 0.615. The second-order valence-corrected chi connectivity index (χ2v) is 4.54. The van der Waals surface area contributed by atoms with Gasteiger partial charge in [-0.05, 0) is 43.9 Å². The van der Waals surface area contributed by atoms with E-state index in [1.54, 1.807) is 0 Å². The Morgan fingerprint density at radius 2 is 1.80 bits per heavy atom. The summed E-state index contributed by atoms with van der Waals surface area (Å²) in [5.41, 5.74) is 9.52. The molecule has 84 valence electrons. The van der Waals surface area contributed by atoms with Crippen LogP contribution in [0.25, 0.3) is 0 Å². The zero-order valence-corrected chi connectivity index (χ0v) is 10.2. The van der Waals surface area contributed by atoms with E-state index in [9.17, 15) is 0 Å². The molecule has 0 aliphatic heterocycles. The predicted molar refractivity (Wildman–Crippen MR) is 64.7 cm³/mol. The first-order chi connectivity index (χ1) is 7.02.